The number of primary amides is 1. The summed E-state index contributed by atoms with van der Waals surface area (Å²) in [6.07, 6.45) is 1.31. The fourth-order valence-electron chi connectivity index (χ4n) is 2.81. The first kappa shape index (κ1) is 16.3. The van der Waals surface area contributed by atoms with E-state index < -0.39 is 0 Å². The summed E-state index contributed by atoms with van der Waals surface area (Å²) < 4.78 is 0. The van der Waals surface area contributed by atoms with Crippen LogP contribution in [0.1, 0.15) is 42.6 Å². The number of rotatable bonds is 4. The number of aryl methyl sites for hydroxylation is 1. The monoisotopic (exact) mass is 303 g/mol. The van der Waals surface area contributed by atoms with Gasteiger partial charge in [0, 0.05) is 30.7 Å². The van der Waals surface area contributed by atoms with Crippen molar-refractivity contribution in [3.8, 4) is 0 Å². The molecule has 0 atom stereocenters. The van der Waals surface area contributed by atoms with Crippen molar-refractivity contribution in [3.63, 3.8) is 0 Å². The number of amides is 2. The summed E-state index contributed by atoms with van der Waals surface area (Å²) >= 11 is 0. The summed E-state index contributed by atoms with van der Waals surface area (Å²) in [6, 6.07) is 6.14. The van der Waals surface area contributed by atoms with Gasteiger partial charge in [0.1, 0.15) is 0 Å². The number of nitrogens with zero attached hydrogens (tertiary/aromatic N) is 1. The van der Waals surface area contributed by atoms with Crippen molar-refractivity contribution in [1.29, 1.82) is 0 Å². The van der Waals surface area contributed by atoms with Crippen LogP contribution in [0.15, 0.2) is 18.2 Å². The molecule has 5 heteroatoms. The molecular weight excluding hydrogens is 278 g/mol. The van der Waals surface area contributed by atoms with E-state index in [1.54, 1.807) is 0 Å². The van der Waals surface area contributed by atoms with E-state index in [4.69, 9.17) is 5.73 Å². The molecule has 0 unspecified atom stereocenters. The highest BCUT2D eigenvalue weighted by Crippen LogP contribution is 2.24. The van der Waals surface area contributed by atoms with Gasteiger partial charge in [-0.05, 0) is 45.7 Å². The number of carbonyl (C=O) groups excluding carboxylic acids is 2. The number of nitrogens with two attached hydrogens (primary N) is 1. The maximum absolute atomic E-state index is 12.8. The predicted octanol–water partition coefficient (Wildman–Crippen LogP) is 2.15. The molecule has 1 aromatic carbocycles. The van der Waals surface area contributed by atoms with Gasteiger partial charge in [0.15, 0.2) is 0 Å². The van der Waals surface area contributed by atoms with Gasteiger partial charge in [-0.15, -0.1) is 0 Å². The van der Waals surface area contributed by atoms with Crippen LogP contribution in [0, 0.1) is 12.8 Å². The van der Waals surface area contributed by atoms with Crippen LogP contribution in [0.25, 0.3) is 0 Å². The van der Waals surface area contributed by atoms with Crippen molar-refractivity contribution >= 4 is 17.5 Å². The summed E-state index contributed by atoms with van der Waals surface area (Å²) in [6.45, 7) is 7.25. The summed E-state index contributed by atoms with van der Waals surface area (Å²) in [7, 11) is 0. The molecule has 1 saturated heterocycles. The fraction of sp³-hybridized carbons (Fsp3) is 0.529. The number of hydrogen-bond donors (Lipinski definition) is 2. The number of hydrogen-bond acceptors (Lipinski definition) is 3. The lowest BCUT2D eigenvalue weighted by Gasteiger charge is -2.31. The van der Waals surface area contributed by atoms with Crippen LogP contribution < -0.4 is 11.1 Å². The zero-order valence-corrected chi connectivity index (χ0v) is 13.6. The van der Waals surface area contributed by atoms with E-state index in [1.165, 1.54) is 0 Å². The number of nitrogens with one attached hydrogen (secondary N) is 1. The highest BCUT2D eigenvalue weighted by atomic mass is 16.2. The quantitative estimate of drug-likeness (QED) is 0.895. The molecule has 0 spiro atoms. The molecule has 0 saturated carbocycles. The Morgan fingerprint density at radius 1 is 1.27 bits per heavy atom. The Bertz CT molecular complexity index is 561. The third-order valence-corrected chi connectivity index (χ3v) is 4.03. The minimum Gasteiger partial charge on any atom is -0.382 e. The summed E-state index contributed by atoms with van der Waals surface area (Å²) in [5.74, 6) is -0.339. The van der Waals surface area contributed by atoms with Crippen LogP contribution in [-0.4, -0.2) is 35.8 Å². The molecule has 3 N–H and O–H groups in total. The maximum atomic E-state index is 12.8. The van der Waals surface area contributed by atoms with E-state index in [0.29, 0.717) is 31.5 Å². The fourth-order valence-corrected chi connectivity index (χ4v) is 2.81. The summed E-state index contributed by atoms with van der Waals surface area (Å²) in [5, 5.41) is 3.33. The highest BCUT2D eigenvalue weighted by Gasteiger charge is 2.27. The van der Waals surface area contributed by atoms with Crippen LogP contribution in [-0.2, 0) is 4.79 Å². The second-order valence-corrected chi connectivity index (χ2v) is 6.32. The molecule has 2 amide bonds. The molecule has 1 aromatic rings. The first-order valence-electron chi connectivity index (χ1n) is 7.84. The number of piperidine rings is 1. The molecule has 1 fully saturated rings. The Morgan fingerprint density at radius 2 is 1.91 bits per heavy atom. The van der Waals surface area contributed by atoms with Gasteiger partial charge < -0.3 is 16.0 Å². The Kier molecular flexibility index (Phi) is 5.06. The van der Waals surface area contributed by atoms with Gasteiger partial charge in [0.2, 0.25) is 5.91 Å². The second kappa shape index (κ2) is 6.81. The minimum atomic E-state index is -0.259. The zero-order valence-electron chi connectivity index (χ0n) is 13.6. The van der Waals surface area contributed by atoms with E-state index in [1.807, 2.05) is 43.9 Å². The molecular formula is C17H25N3O2. The highest BCUT2D eigenvalue weighted by molar-refractivity contribution is 6.00. The van der Waals surface area contributed by atoms with E-state index in [9.17, 15) is 9.59 Å². The molecule has 5 nitrogen and oxygen atoms in total. The molecule has 120 valence electrons. The summed E-state index contributed by atoms with van der Waals surface area (Å²) in [4.78, 5) is 25.8. The van der Waals surface area contributed by atoms with Gasteiger partial charge in [-0.3, -0.25) is 9.59 Å². The topological polar surface area (TPSA) is 75.4 Å². The van der Waals surface area contributed by atoms with Gasteiger partial charge >= 0.3 is 0 Å². The largest absolute Gasteiger partial charge is 0.382 e. The molecule has 1 aliphatic rings. The van der Waals surface area contributed by atoms with E-state index in [0.717, 1.165) is 11.3 Å². The molecule has 2 rings (SSSR count). The van der Waals surface area contributed by atoms with Crippen LogP contribution in [0.4, 0.5) is 5.69 Å². The van der Waals surface area contributed by atoms with Crippen molar-refractivity contribution in [1.82, 2.24) is 4.90 Å². The molecule has 1 heterocycles. The van der Waals surface area contributed by atoms with Gasteiger partial charge in [-0.2, -0.15) is 0 Å². The van der Waals surface area contributed by atoms with Crippen molar-refractivity contribution in [3.05, 3.63) is 29.3 Å². The smallest absolute Gasteiger partial charge is 0.255 e. The van der Waals surface area contributed by atoms with Crippen molar-refractivity contribution in [2.75, 3.05) is 18.4 Å². The number of benzene rings is 1. The SMILES string of the molecule is Cc1ccc(NC(C)C)c(C(=O)N2CCC(C(N)=O)CC2)c1. The Balaban J connectivity index is 2.15. The molecule has 0 radical (unpaired) electrons. The summed E-state index contributed by atoms with van der Waals surface area (Å²) in [5.41, 5.74) is 7.97. The Hall–Kier alpha value is -2.04. The van der Waals surface area contributed by atoms with Crippen molar-refractivity contribution in [2.24, 2.45) is 11.7 Å². The lowest BCUT2D eigenvalue weighted by Crippen LogP contribution is -2.42. The zero-order chi connectivity index (χ0) is 16.3. The van der Waals surface area contributed by atoms with Crippen LogP contribution in [0.2, 0.25) is 0 Å². The van der Waals surface area contributed by atoms with E-state index in [-0.39, 0.29) is 23.8 Å². The van der Waals surface area contributed by atoms with Gasteiger partial charge in [-0.25, -0.2) is 0 Å². The van der Waals surface area contributed by atoms with Crippen LogP contribution >= 0.6 is 0 Å². The lowest BCUT2D eigenvalue weighted by molar-refractivity contribution is -0.123. The van der Waals surface area contributed by atoms with E-state index >= 15 is 0 Å². The molecule has 0 aromatic heterocycles. The molecule has 1 aliphatic heterocycles. The molecule has 22 heavy (non-hydrogen) atoms. The molecule has 0 bridgehead atoms. The maximum Gasteiger partial charge on any atom is 0.255 e. The normalized spacial score (nSPS) is 15.9. The number of carbonyl (C=O) groups is 2. The lowest BCUT2D eigenvalue weighted by atomic mass is 9.95. The Morgan fingerprint density at radius 3 is 2.45 bits per heavy atom. The predicted molar refractivity (Wildman–Crippen MR) is 87.8 cm³/mol. The first-order valence-corrected chi connectivity index (χ1v) is 7.84. The van der Waals surface area contributed by atoms with Crippen molar-refractivity contribution in [2.45, 2.75) is 39.7 Å². The van der Waals surface area contributed by atoms with Gasteiger partial charge in [-0.1, -0.05) is 11.6 Å². The van der Waals surface area contributed by atoms with Crippen LogP contribution in [0.3, 0.4) is 0 Å². The average Bonchev–Trinajstić information content (AvgIpc) is 2.48. The standard InChI is InChI=1S/C17H25N3O2/c1-11(2)19-15-5-4-12(3)10-14(15)17(22)20-8-6-13(7-9-20)16(18)21/h4-5,10-11,13,19H,6-9H2,1-3H3,(H2,18,21). The average molecular weight is 303 g/mol. The molecule has 0 aliphatic carbocycles. The van der Waals surface area contributed by atoms with E-state index in [2.05, 4.69) is 5.32 Å². The van der Waals surface area contributed by atoms with Gasteiger partial charge in [0.25, 0.3) is 5.91 Å². The third-order valence-electron chi connectivity index (χ3n) is 4.03. The number of anilines is 1. The minimum absolute atomic E-state index is 0.0229. The third kappa shape index (κ3) is 3.78. The first-order chi connectivity index (χ1) is 10.4. The number of likely N-dealkylation sites (tertiary alicyclic amines) is 1. The Labute approximate surface area is 131 Å². The van der Waals surface area contributed by atoms with Crippen molar-refractivity contribution < 1.29 is 9.59 Å². The second-order valence-electron chi connectivity index (χ2n) is 6.32. The van der Waals surface area contributed by atoms with Crippen LogP contribution in [0.5, 0.6) is 0 Å². The van der Waals surface area contributed by atoms with Gasteiger partial charge in [0.05, 0.1) is 5.56 Å².